The van der Waals surface area contributed by atoms with Gasteiger partial charge in [0.2, 0.25) is 0 Å². The summed E-state index contributed by atoms with van der Waals surface area (Å²) in [7, 11) is 0. The lowest BCUT2D eigenvalue weighted by atomic mass is 10.1. The Kier molecular flexibility index (Phi) is 5.26. The van der Waals surface area contributed by atoms with Crippen LogP contribution in [0.3, 0.4) is 0 Å². The molecule has 0 saturated heterocycles. The van der Waals surface area contributed by atoms with Crippen molar-refractivity contribution in [3.05, 3.63) is 35.4 Å². The second-order valence-corrected chi connectivity index (χ2v) is 4.72. The summed E-state index contributed by atoms with van der Waals surface area (Å²) in [6, 6.07) is 8.48. The molecule has 0 aliphatic carbocycles. The first-order chi connectivity index (χ1) is 7.18. The quantitative estimate of drug-likeness (QED) is 0.755. The molecule has 0 atom stereocenters. The largest absolute Gasteiger partial charge is 0.481 e. The van der Waals surface area contributed by atoms with Gasteiger partial charge in [-0.25, -0.2) is 0 Å². The molecule has 0 heterocycles. The number of aliphatic carboxylic acids is 1. The highest BCUT2D eigenvalue weighted by Gasteiger charge is 1.97. The number of thioether (sulfide) groups is 1. The van der Waals surface area contributed by atoms with E-state index >= 15 is 0 Å². The highest BCUT2D eigenvalue weighted by Crippen LogP contribution is 2.09. The maximum Gasteiger partial charge on any atom is 0.304 e. The Morgan fingerprint density at radius 3 is 2.53 bits per heavy atom. The van der Waals surface area contributed by atoms with Crippen LogP contribution in [-0.4, -0.2) is 22.6 Å². The Morgan fingerprint density at radius 2 is 1.93 bits per heavy atom. The number of carboxylic acid groups (broad SMARTS) is 1. The molecule has 2 nitrogen and oxygen atoms in total. The van der Waals surface area contributed by atoms with Crippen LogP contribution in [0.4, 0.5) is 0 Å². The molecule has 0 aliphatic rings. The first kappa shape index (κ1) is 12.1. The molecule has 0 amide bonds. The van der Waals surface area contributed by atoms with Crippen LogP contribution in [0.25, 0.3) is 0 Å². The maximum atomic E-state index is 10.3. The SMILES string of the molecule is Cc1ccc(CCSCCC(=O)O)cc1. The van der Waals surface area contributed by atoms with Gasteiger partial charge in [-0.3, -0.25) is 4.79 Å². The molecule has 0 bridgehead atoms. The van der Waals surface area contributed by atoms with Crippen LogP contribution in [-0.2, 0) is 11.2 Å². The number of carbonyl (C=O) groups is 1. The van der Waals surface area contributed by atoms with Gasteiger partial charge in [0.05, 0.1) is 6.42 Å². The molecule has 0 unspecified atom stereocenters. The van der Waals surface area contributed by atoms with Crippen LogP contribution in [0, 0.1) is 6.92 Å². The van der Waals surface area contributed by atoms with Gasteiger partial charge in [-0.1, -0.05) is 29.8 Å². The first-order valence-electron chi connectivity index (χ1n) is 5.03. The van der Waals surface area contributed by atoms with Gasteiger partial charge >= 0.3 is 5.97 Å². The summed E-state index contributed by atoms with van der Waals surface area (Å²) < 4.78 is 0. The summed E-state index contributed by atoms with van der Waals surface area (Å²) in [6.07, 6.45) is 1.28. The van der Waals surface area contributed by atoms with Gasteiger partial charge in [-0.2, -0.15) is 11.8 Å². The second-order valence-electron chi connectivity index (χ2n) is 3.49. The van der Waals surface area contributed by atoms with Crippen molar-refractivity contribution < 1.29 is 9.90 Å². The van der Waals surface area contributed by atoms with Crippen molar-refractivity contribution in [1.82, 2.24) is 0 Å². The average Bonchev–Trinajstić information content (AvgIpc) is 2.20. The molecule has 82 valence electrons. The fourth-order valence-electron chi connectivity index (χ4n) is 1.21. The van der Waals surface area contributed by atoms with Crippen LogP contribution >= 0.6 is 11.8 Å². The highest BCUT2D eigenvalue weighted by atomic mass is 32.2. The van der Waals surface area contributed by atoms with Crippen LogP contribution in [0.5, 0.6) is 0 Å². The molecular weight excluding hydrogens is 208 g/mol. The lowest BCUT2D eigenvalue weighted by Crippen LogP contribution is -1.97. The van der Waals surface area contributed by atoms with Crippen LogP contribution in [0.1, 0.15) is 17.5 Å². The van der Waals surface area contributed by atoms with Crippen LogP contribution in [0.15, 0.2) is 24.3 Å². The zero-order valence-electron chi connectivity index (χ0n) is 8.90. The third-order valence-corrected chi connectivity index (χ3v) is 3.10. The summed E-state index contributed by atoms with van der Waals surface area (Å²) in [5.74, 6) is 0.996. The van der Waals surface area contributed by atoms with Gasteiger partial charge in [0.15, 0.2) is 0 Å². The third-order valence-electron chi connectivity index (χ3n) is 2.12. The molecule has 3 heteroatoms. The van der Waals surface area contributed by atoms with E-state index in [1.165, 1.54) is 11.1 Å². The lowest BCUT2D eigenvalue weighted by molar-refractivity contribution is -0.136. The summed E-state index contributed by atoms with van der Waals surface area (Å²) in [4.78, 5) is 10.3. The Bertz CT molecular complexity index is 306. The molecular formula is C12H16O2S. The Balaban J connectivity index is 2.15. The smallest absolute Gasteiger partial charge is 0.304 e. The van der Waals surface area contributed by atoms with Gasteiger partial charge in [-0.15, -0.1) is 0 Å². The van der Waals surface area contributed by atoms with E-state index in [2.05, 4.69) is 31.2 Å². The standard InChI is InChI=1S/C12H16O2S/c1-10-2-4-11(5-3-10)6-8-15-9-7-12(13)14/h2-5H,6-9H2,1H3,(H,13,14). The minimum Gasteiger partial charge on any atom is -0.481 e. The van der Waals surface area contributed by atoms with Crippen molar-refractivity contribution in [3.8, 4) is 0 Å². The number of benzene rings is 1. The number of carboxylic acids is 1. The van der Waals surface area contributed by atoms with Gasteiger partial charge in [-0.05, 0) is 24.7 Å². The average molecular weight is 224 g/mol. The summed E-state index contributed by atoms with van der Waals surface area (Å²) in [5, 5.41) is 8.45. The molecule has 1 aromatic carbocycles. The van der Waals surface area contributed by atoms with E-state index < -0.39 is 5.97 Å². The molecule has 0 radical (unpaired) electrons. The fourth-order valence-corrected chi connectivity index (χ4v) is 2.11. The first-order valence-corrected chi connectivity index (χ1v) is 6.19. The Hall–Kier alpha value is -0.960. The predicted octanol–water partition coefficient (Wildman–Crippen LogP) is 2.75. The van der Waals surface area contributed by atoms with Crippen molar-refractivity contribution in [2.24, 2.45) is 0 Å². The predicted molar refractivity (Wildman–Crippen MR) is 64.5 cm³/mol. The summed E-state index contributed by atoms with van der Waals surface area (Å²) >= 11 is 1.70. The molecule has 1 aromatic rings. The molecule has 15 heavy (non-hydrogen) atoms. The molecule has 0 aliphatic heterocycles. The molecule has 0 fully saturated rings. The van der Waals surface area contributed by atoms with E-state index in [9.17, 15) is 4.79 Å². The van der Waals surface area contributed by atoms with E-state index in [0.717, 1.165) is 12.2 Å². The van der Waals surface area contributed by atoms with Gasteiger partial charge in [0, 0.05) is 5.75 Å². The number of rotatable bonds is 6. The van der Waals surface area contributed by atoms with Crippen LogP contribution < -0.4 is 0 Å². The van der Waals surface area contributed by atoms with Gasteiger partial charge in [0.25, 0.3) is 0 Å². The zero-order valence-corrected chi connectivity index (χ0v) is 9.72. The zero-order chi connectivity index (χ0) is 11.1. The van der Waals surface area contributed by atoms with E-state index in [0.29, 0.717) is 5.75 Å². The Morgan fingerprint density at radius 1 is 1.27 bits per heavy atom. The molecule has 0 saturated carbocycles. The van der Waals surface area contributed by atoms with E-state index in [-0.39, 0.29) is 6.42 Å². The fraction of sp³-hybridized carbons (Fsp3) is 0.417. The van der Waals surface area contributed by atoms with Gasteiger partial charge < -0.3 is 5.11 Å². The topological polar surface area (TPSA) is 37.3 Å². The third kappa shape index (κ3) is 5.47. The van der Waals surface area contributed by atoms with Gasteiger partial charge in [0.1, 0.15) is 0 Å². The van der Waals surface area contributed by atoms with E-state index in [4.69, 9.17) is 5.11 Å². The highest BCUT2D eigenvalue weighted by molar-refractivity contribution is 7.99. The molecule has 1 N–H and O–H groups in total. The molecule has 1 rings (SSSR count). The van der Waals surface area contributed by atoms with E-state index in [1.54, 1.807) is 11.8 Å². The molecule has 0 aromatic heterocycles. The minimum atomic E-state index is -0.710. The number of hydrogen-bond acceptors (Lipinski definition) is 2. The van der Waals surface area contributed by atoms with Crippen molar-refractivity contribution in [2.45, 2.75) is 19.8 Å². The number of hydrogen-bond donors (Lipinski definition) is 1. The summed E-state index contributed by atoms with van der Waals surface area (Å²) in [6.45, 7) is 2.07. The van der Waals surface area contributed by atoms with Crippen molar-refractivity contribution in [1.29, 1.82) is 0 Å². The maximum absolute atomic E-state index is 10.3. The van der Waals surface area contributed by atoms with E-state index in [1.807, 2.05) is 0 Å². The summed E-state index contributed by atoms with van der Waals surface area (Å²) in [5.41, 5.74) is 2.60. The lowest BCUT2D eigenvalue weighted by Gasteiger charge is -2.01. The van der Waals surface area contributed by atoms with Crippen LogP contribution in [0.2, 0.25) is 0 Å². The Labute approximate surface area is 94.7 Å². The second kappa shape index (κ2) is 6.51. The van der Waals surface area contributed by atoms with Crippen molar-refractivity contribution in [3.63, 3.8) is 0 Å². The normalized spacial score (nSPS) is 10.2. The van der Waals surface area contributed by atoms with Crippen molar-refractivity contribution >= 4 is 17.7 Å². The number of aryl methyl sites for hydroxylation is 2. The minimum absolute atomic E-state index is 0.262. The van der Waals surface area contributed by atoms with Crippen molar-refractivity contribution in [2.75, 3.05) is 11.5 Å². The monoisotopic (exact) mass is 224 g/mol. The molecule has 0 spiro atoms.